The molecule has 0 aromatic heterocycles. The first-order valence-electron chi connectivity index (χ1n) is 8.48. The van der Waals surface area contributed by atoms with E-state index in [1.165, 1.54) is 11.8 Å². The summed E-state index contributed by atoms with van der Waals surface area (Å²) in [5.41, 5.74) is -0.425. The molecule has 0 spiro atoms. The van der Waals surface area contributed by atoms with Crippen molar-refractivity contribution in [3.8, 4) is 0 Å². The number of aliphatic hydroxyl groups excluding tert-OH is 2. The second-order valence-corrected chi connectivity index (χ2v) is 6.97. The van der Waals surface area contributed by atoms with Gasteiger partial charge >= 0.3 is 0 Å². The largest absolute Gasteiger partial charge is 0.387 e. The van der Waals surface area contributed by atoms with E-state index in [1.807, 2.05) is 6.92 Å². The highest BCUT2D eigenvalue weighted by Gasteiger charge is 2.45. The van der Waals surface area contributed by atoms with Crippen LogP contribution < -0.4 is 0 Å². The third kappa shape index (κ3) is 6.34. The van der Waals surface area contributed by atoms with E-state index < -0.39 is 23.7 Å². The normalized spacial score (nSPS) is 32.3. The van der Waals surface area contributed by atoms with E-state index in [2.05, 4.69) is 13.8 Å². The van der Waals surface area contributed by atoms with E-state index >= 15 is 0 Å². The molecule has 3 unspecified atom stereocenters. The molecule has 1 aliphatic heterocycles. The molecule has 1 aliphatic rings. The van der Waals surface area contributed by atoms with Gasteiger partial charge in [0.25, 0.3) is 0 Å². The summed E-state index contributed by atoms with van der Waals surface area (Å²) in [5.74, 6) is 0.819. The van der Waals surface area contributed by atoms with Gasteiger partial charge in [-0.3, -0.25) is 0 Å². The zero-order valence-corrected chi connectivity index (χ0v) is 14.9. The molecular formula is C16H32O5S. The maximum absolute atomic E-state index is 10.4. The zero-order chi connectivity index (χ0) is 16.4. The molecule has 0 amide bonds. The highest BCUT2D eigenvalue weighted by molar-refractivity contribution is 7.99. The summed E-state index contributed by atoms with van der Waals surface area (Å²) in [6, 6.07) is 0. The van der Waals surface area contributed by atoms with Crippen LogP contribution in [0.5, 0.6) is 0 Å². The highest BCUT2D eigenvalue weighted by atomic mass is 32.2. The summed E-state index contributed by atoms with van der Waals surface area (Å²) in [6.45, 7) is 7.84. The Bertz CT molecular complexity index is 279. The van der Waals surface area contributed by atoms with Crippen molar-refractivity contribution in [2.24, 2.45) is 0 Å². The van der Waals surface area contributed by atoms with Crippen LogP contribution in [0.2, 0.25) is 0 Å². The van der Waals surface area contributed by atoms with Crippen LogP contribution in [0.25, 0.3) is 0 Å². The second kappa shape index (κ2) is 11.6. The van der Waals surface area contributed by atoms with Crippen LogP contribution in [0.4, 0.5) is 0 Å². The summed E-state index contributed by atoms with van der Waals surface area (Å²) < 4.78 is 17.4. The van der Waals surface area contributed by atoms with E-state index in [1.54, 1.807) is 0 Å². The van der Waals surface area contributed by atoms with E-state index in [0.29, 0.717) is 19.8 Å². The van der Waals surface area contributed by atoms with Gasteiger partial charge in [-0.25, -0.2) is 0 Å². The minimum absolute atomic E-state index is 0.337. The fraction of sp³-hybridized carbons (Fsp3) is 1.00. The fourth-order valence-corrected chi connectivity index (χ4v) is 3.27. The Hall–Kier alpha value is 0.150. The molecular weight excluding hydrogens is 304 g/mol. The summed E-state index contributed by atoms with van der Waals surface area (Å²) in [4.78, 5) is 0. The molecule has 1 rings (SSSR count). The number of ether oxygens (including phenoxy) is 3. The maximum atomic E-state index is 10.4. The van der Waals surface area contributed by atoms with E-state index in [9.17, 15) is 10.2 Å². The zero-order valence-electron chi connectivity index (χ0n) is 14.1. The third-order valence-electron chi connectivity index (χ3n) is 3.70. The summed E-state index contributed by atoms with van der Waals surface area (Å²) in [7, 11) is 0. The molecule has 5 atom stereocenters. The Morgan fingerprint density at radius 2 is 1.68 bits per heavy atom. The molecule has 2 N–H and O–H groups in total. The van der Waals surface area contributed by atoms with Crippen molar-refractivity contribution in [1.29, 1.82) is 0 Å². The molecule has 0 bridgehead atoms. The molecule has 0 aromatic carbocycles. The minimum Gasteiger partial charge on any atom is -0.387 e. The molecule has 1 heterocycles. The Morgan fingerprint density at radius 1 is 1.00 bits per heavy atom. The summed E-state index contributed by atoms with van der Waals surface area (Å²) in [6.07, 6.45) is 1.31. The molecule has 1 fully saturated rings. The molecule has 0 aliphatic carbocycles. The fourth-order valence-electron chi connectivity index (χ4n) is 2.36. The van der Waals surface area contributed by atoms with Gasteiger partial charge in [0.05, 0.1) is 6.61 Å². The van der Waals surface area contributed by atoms with Crippen LogP contribution in [0.15, 0.2) is 0 Å². The second-order valence-electron chi connectivity index (χ2n) is 5.60. The first kappa shape index (κ1) is 20.2. The van der Waals surface area contributed by atoms with Gasteiger partial charge < -0.3 is 24.4 Å². The van der Waals surface area contributed by atoms with E-state index in [0.717, 1.165) is 31.4 Å². The quantitative estimate of drug-likeness (QED) is 0.564. The number of aliphatic hydroxyl groups is 2. The van der Waals surface area contributed by atoms with Gasteiger partial charge in [-0.05, 0) is 18.6 Å². The van der Waals surface area contributed by atoms with Crippen molar-refractivity contribution in [2.45, 2.75) is 76.3 Å². The van der Waals surface area contributed by atoms with Crippen molar-refractivity contribution >= 4 is 11.8 Å². The van der Waals surface area contributed by atoms with Gasteiger partial charge in [-0.15, -0.1) is 11.8 Å². The van der Waals surface area contributed by atoms with Crippen molar-refractivity contribution in [1.82, 2.24) is 0 Å². The predicted molar refractivity (Wildman–Crippen MR) is 89.2 cm³/mol. The molecule has 6 heteroatoms. The third-order valence-corrected chi connectivity index (χ3v) is 4.76. The topological polar surface area (TPSA) is 68.2 Å². The molecule has 132 valence electrons. The minimum atomic E-state index is -0.936. The Labute approximate surface area is 138 Å². The van der Waals surface area contributed by atoms with Gasteiger partial charge in [-0.1, -0.05) is 33.6 Å². The van der Waals surface area contributed by atoms with Crippen LogP contribution in [-0.2, 0) is 14.2 Å². The standard InChI is InChI=1S/C16H32O5S/c1-4-7-9-19-11-12-15(20-10-8-5-2)13(17)14(18)16(21-12)22-6-3/h12-18H,4-11H2,1-3H3/t12?,13?,14?,15-,16-/m1/s1. The van der Waals surface area contributed by atoms with Crippen LogP contribution in [-0.4, -0.2) is 65.6 Å². The molecule has 0 radical (unpaired) electrons. The van der Waals surface area contributed by atoms with Crippen molar-refractivity contribution < 1.29 is 24.4 Å². The monoisotopic (exact) mass is 336 g/mol. The SMILES string of the molecule is CCCCOCC1O[C@H](SCC)C(O)C(O)[C@@H]1OCCCC. The number of hydrogen-bond donors (Lipinski definition) is 2. The lowest BCUT2D eigenvalue weighted by atomic mass is 10.00. The first-order valence-corrected chi connectivity index (χ1v) is 9.53. The highest BCUT2D eigenvalue weighted by Crippen LogP contribution is 2.30. The number of hydrogen-bond acceptors (Lipinski definition) is 6. The van der Waals surface area contributed by atoms with Gasteiger partial charge in [0.15, 0.2) is 0 Å². The lowest BCUT2D eigenvalue weighted by Gasteiger charge is -2.42. The molecule has 1 saturated heterocycles. The summed E-state index contributed by atoms with van der Waals surface area (Å²) in [5, 5.41) is 20.6. The lowest BCUT2D eigenvalue weighted by molar-refractivity contribution is -0.224. The lowest BCUT2D eigenvalue weighted by Crippen LogP contribution is -2.58. The van der Waals surface area contributed by atoms with Gasteiger partial charge in [0.1, 0.15) is 29.9 Å². The molecule has 0 aromatic rings. The van der Waals surface area contributed by atoms with Crippen molar-refractivity contribution in [3.05, 3.63) is 0 Å². The first-order chi connectivity index (χ1) is 10.7. The van der Waals surface area contributed by atoms with E-state index in [-0.39, 0.29) is 6.10 Å². The van der Waals surface area contributed by atoms with Gasteiger partial charge in [0.2, 0.25) is 0 Å². The van der Waals surface area contributed by atoms with Gasteiger partial charge in [-0.2, -0.15) is 0 Å². The number of unbranched alkanes of at least 4 members (excludes halogenated alkanes) is 2. The van der Waals surface area contributed by atoms with Crippen LogP contribution >= 0.6 is 11.8 Å². The average Bonchev–Trinajstić information content (AvgIpc) is 2.51. The van der Waals surface area contributed by atoms with E-state index in [4.69, 9.17) is 14.2 Å². The molecule has 5 nitrogen and oxygen atoms in total. The van der Waals surface area contributed by atoms with Crippen LogP contribution in [0.1, 0.15) is 46.5 Å². The molecule has 22 heavy (non-hydrogen) atoms. The number of rotatable bonds is 11. The smallest absolute Gasteiger partial charge is 0.132 e. The Morgan fingerprint density at radius 3 is 2.32 bits per heavy atom. The predicted octanol–water partition coefficient (Wildman–Crippen LogP) is 2.19. The van der Waals surface area contributed by atoms with Crippen molar-refractivity contribution in [3.63, 3.8) is 0 Å². The Balaban J connectivity index is 2.60. The molecule has 0 saturated carbocycles. The number of thioether (sulfide) groups is 1. The summed E-state index contributed by atoms with van der Waals surface area (Å²) >= 11 is 1.50. The average molecular weight is 336 g/mol. The van der Waals surface area contributed by atoms with Crippen LogP contribution in [0, 0.1) is 0 Å². The van der Waals surface area contributed by atoms with Gasteiger partial charge in [0, 0.05) is 13.2 Å². The Kier molecular flexibility index (Phi) is 10.7. The van der Waals surface area contributed by atoms with Crippen LogP contribution in [0.3, 0.4) is 0 Å². The van der Waals surface area contributed by atoms with Crippen molar-refractivity contribution in [2.75, 3.05) is 25.6 Å². The maximum Gasteiger partial charge on any atom is 0.132 e.